The minimum atomic E-state index is -0.0556. The van der Waals surface area contributed by atoms with E-state index in [0.29, 0.717) is 5.92 Å². The topological polar surface area (TPSA) is 59.3 Å². The van der Waals surface area contributed by atoms with E-state index in [4.69, 9.17) is 5.10 Å². The van der Waals surface area contributed by atoms with Crippen LogP contribution in [-0.4, -0.2) is 26.3 Å². The van der Waals surface area contributed by atoms with Gasteiger partial charge in [-0.25, -0.2) is 9.50 Å². The molecule has 0 atom stereocenters. The van der Waals surface area contributed by atoms with E-state index in [2.05, 4.69) is 68.3 Å². The van der Waals surface area contributed by atoms with Gasteiger partial charge in [-0.05, 0) is 60.7 Å². The van der Waals surface area contributed by atoms with Gasteiger partial charge in [0.1, 0.15) is 5.03 Å². The van der Waals surface area contributed by atoms with Gasteiger partial charge in [-0.1, -0.05) is 49.9 Å². The quantitative estimate of drug-likeness (QED) is 0.389. The van der Waals surface area contributed by atoms with Gasteiger partial charge in [0.2, 0.25) is 5.91 Å². The number of carbonyl (C=O) groups is 1. The summed E-state index contributed by atoms with van der Waals surface area (Å²) in [5.41, 5.74) is 7.43. The molecule has 158 valence electrons. The van der Waals surface area contributed by atoms with E-state index in [1.54, 1.807) is 6.20 Å². The summed E-state index contributed by atoms with van der Waals surface area (Å²) in [4.78, 5) is 16.9. The fraction of sp³-hybridized carbons (Fsp3) is 0.240. The number of aromatic nitrogens is 3. The van der Waals surface area contributed by atoms with Gasteiger partial charge in [-0.3, -0.25) is 4.79 Å². The second-order valence-corrected chi connectivity index (χ2v) is 8.97. The monoisotopic (exact) mass is 430 g/mol. The Morgan fingerprint density at radius 3 is 2.55 bits per heavy atom. The molecule has 2 aromatic carbocycles. The van der Waals surface area contributed by atoms with Gasteiger partial charge >= 0.3 is 0 Å². The number of benzene rings is 2. The van der Waals surface area contributed by atoms with Crippen LogP contribution in [0.25, 0.3) is 16.8 Å². The predicted molar refractivity (Wildman–Crippen MR) is 128 cm³/mol. The number of aryl methyl sites for hydroxylation is 2. The number of thioether (sulfide) groups is 1. The lowest BCUT2D eigenvalue weighted by Crippen LogP contribution is -2.14. The Kier molecular flexibility index (Phi) is 6.09. The summed E-state index contributed by atoms with van der Waals surface area (Å²) in [5, 5.41) is 8.44. The average molecular weight is 431 g/mol. The molecule has 0 aliphatic carbocycles. The van der Waals surface area contributed by atoms with Crippen LogP contribution in [0.15, 0.2) is 66.0 Å². The van der Waals surface area contributed by atoms with Gasteiger partial charge in [0.25, 0.3) is 0 Å². The SMILES string of the molecule is Cc1ccc(-c2cc3c(SCC(=O)Nc4ccc(C(C)C)cc4)nccn3n2)cc1C. The highest BCUT2D eigenvalue weighted by molar-refractivity contribution is 8.00. The lowest BCUT2D eigenvalue weighted by Gasteiger charge is -2.08. The minimum absolute atomic E-state index is 0.0556. The van der Waals surface area contributed by atoms with Gasteiger partial charge < -0.3 is 5.32 Å². The summed E-state index contributed by atoms with van der Waals surface area (Å²) in [6.45, 7) is 8.51. The molecule has 0 saturated carbocycles. The van der Waals surface area contributed by atoms with Gasteiger partial charge in [0.05, 0.1) is 17.0 Å². The molecule has 1 N–H and O–H groups in total. The number of anilines is 1. The molecule has 0 spiro atoms. The maximum Gasteiger partial charge on any atom is 0.234 e. The first kappa shape index (κ1) is 21.1. The van der Waals surface area contributed by atoms with Crippen LogP contribution in [0.2, 0.25) is 0 Å². The summed E-state index contributed by atoms with van der Waals surface area (Å²) in [5.74, 6) is 0.694. The summed E-state index contributed by atoms with van der Waals surface area (Å²) >= 11 is 1.42. The third-order valence-electron chi connectivity index (χ3n) is 5.36. The molecule has 1 amide bonds. The van der Waals surface area contributed by atoms with Gasteiger partial charge in [0, 0.05) is 23.6 Å². The van der Waals surface area contributed by atoms with Crippen LogP contribution in [0.3, 0.4) is 0 Å². The first-order valence-corrected chi connectivity index (χ1v) is 11.3. The number of hydrogen-bond donors (Lipinski definition) is 1. The van der Waals surface area contributed by atoms with Crippen molar-refractivity contribution in [2.75, 3.05) is 11.1 Å². The van der Waals surface area contributed by atoms with Crippen molar-refractivity contribution in [1.29, 1.82) is 0 Å². The molecule has 2 heterocycles. The van der Waals surface area contributed by atoms with E-state index in [1.165, 1.54) is 28.5 Å². The molecular formula is C25H26N4OS. The van der Waals surface area contributed by atoms with Crippen LogP contribution in [0.4, 0.5) is 5.69 Å². The zero-order valence-corrected chi connectivity index (χ0v) is 19.0. The van der Waals surface area contributed by atoms with E-state index in [9.17, 15) is 4.79 Å². The van der Waals surface area contributed by atoms with E-state index < -0.39 is 0 Å². The fourth-order valence-corrected chi connectivity index (χ4v) is 4.11. The summed E-state index contributed by atoms with van der Waals surface area (Å²) in [6, 6.07) is 16.4. The predicted octanol–water partition coefficient (Wildman–Crippen LogP) is 5.87. The first-order chi connectivity index (χ1) is 14.9. The highest BCUT2D eigenvalue weighted by atomic mass is 32.2. The smallest absolute Gasteiger partial charge is 0.234 e. The van der Waals surface area contributed by atoms with Crippen LogP contribution in [0.5, 0.6) is 0 Å². The minimum Gasteiger partial charge on any atom is -0.325 e. The van der Waals surface area contributed by atoms with Crippen molar-refractivity contribution in [2.24, 2.45) is 0 Å². The zero-order chi connectivity index (χ0) is 22.0. The largest absolute Gasteiger partial charge is 0.325 e. The molecule has 5 nitrogen and oxygen atoms in total. The molecule has 0 saturated heterocycles. The average Bonchev–Trinajstić information content (AvgIpc) is 3.19. The summed E-state index contributed by atoms with van der Waals surface area (Å²) in [7, 11) is 0. The Labute approximate surface area is 186 Å². The Morgan fingerprint density at radius 1 is 1.06 bits per heavy atom. The highest BCUT2D eigenvalue weighted by Crippen LogP contribution is 2.27. The Bertz CT molecular complexity index is 1230. The lowest BCUT2D eigenvalue weighted by atomic mass is 10.0. The number of hydrogen-bond acceptors (Lipinski definition) is 4. The summed E-state index contributed by atoms with van der Waals surface area (Å²) < 4.78 is 1.82. The molecule has 0 radical (unpaired) electrons. The van der Waals surface area contributed by atoms with E-state index in [-0.39, 0.29) is 11.7 Å². The normalized spacial score (nSPS) is 11.3. The molecule has 0 bridgehead atoms. The highest BCUT2D eigenvalue weighted by Gasteiger charge is 2.12. The number of amides is 1. The third kappa shape index (κ3) is 4.80. The van der Waals surface area contributed by atoms with E-state index in [1.807, 2.05) is 28.9 Å². The third-order valence-corrected chi connectivity index (χ3v) is 6.35. The standard InChI is InChI=1S/C25H26N4OS/c1-16(2)19-7-9-21(10-8-19)27-24(30)15-31-25-23-14-22(28-29(23)12-11-26-25)20-6-5-17(3)18(4)13-20/h5-14,16H,15H2,1-4H3,(H,27,30). The van der Waals surface area contributed by atoms with Crippen molar-refractivity contribution < 1.29 is 4.79 Å². The fourth-order valence-electron chi connectivity index (χ4n) is 3.33. The van der Waals surface area contributed by atoms with E-state index >= 15 is 0 Å². The Balaban J connectivity index is 1.47. The van der Waals surface area contributed by atoms with Crippen molar-refractivity contribution in [3.05, 3.63) is 77.6 Å². The zero-order valence-electron chi connectivity index (χ0n) is 18.2. The van der Waals surface area contributed by atoms with Gasteiger partial charge in [-0.15, -0.1) is 0 Å². The number of rotatable bonds is 6. The van der Waals surface area contributed by atoms with Crippen LogP contribution >= 0.6 is 11.8 Å². The molecule has 0 aliphatic rings. The Morgan fingerprint density at radius 2 is 1.84 bits per heavy atom. The van der Waals surface area contributed by atoms with Crippen molar-refractivity contribution in [2.45, 2.75) is 38.6 Å². The molecule has 0 unspecified atom stereocenters. The molecule has 6 heteroatoms. The molecule has 31 heavy (non-hydrogen) atoms. The lowest BCUT2D eigenvalue weighted by molar-refractivity contribution is -0.113. The molecule has 2 aromatic heterocycles. The van der Waals surface area contributed by atoms with Gasteiger partial charge in [-0.2, -0.15) is 5.10 Å². The second kappa shape index (κ2) is 8.94. The van der Waals surface area contributed by atoms with Gasteiger partial charge in [0.15, 0.2) is 0 Å². The van der Waals surface area contributed by atoms with Crippen LogP contribution in [0.1, 0.15) is 36.5 Å². The number of nitrogens with zero attached hydrogens (tertiary/aromatic N) is 3. The molecule has 0 aliphatic heterocycles. The number of nitrogens with one attached hydrogen (secondary N) is 1. The molecular weight excluding hydrogens is 404 g/mol. The second-order valence-electron chi connectivity index (χ2n) is 8.00. The molecule has 0 fully saturated rings. The number of fused-ring (bicyclic) bond motifs is 1. The Hall–Kier alpha value is -3.12. The maximum absolute atomic E-state index is 12.5. The van der Waals surface area contributed by atoms with Crippen molar-refractivity contribution in [1.82, 2.24) is 14.6 Å². The van der Waals surface area contributed by atoms with Crippen LogP contribution < -0.4 is 5.32 Å². The maximum atomic E-state index is 12.5. The van der Waals surface area contributed by atoms with E-state index in [0.717, 1.165) is 27.5 Å². The van der Waals surface area contributed by atoms with Crippen molar-refractivity contribution >= 4 is 28.9 Å². The van der Waals surface area contributed by atoms with Crippen molar-refractivity contribution in [3.8, 4) is 11.3 Å². The molecule has 4 rings (SSSR count). The van der Waals surface area contributed by atoms with Crippen LogP contribution in [-0.2, 0) is 4.79 Å². The van der Waals surface area contributed by atoms with Crippen molar-refractivity contribution in [3.63, 3.8) is 0 Å². The molecule has 4 aromatic rings. The van der Waals surface area contributed by atoms with Crippen LogP contribution in [0, 0.1) is 13.8 Å². The first-order valence-electron chi connectivity index (χ1n) is 10.4. The number of carbonyl (C=O) groups excluding carboxylic acids is 1. The summed E-state index contributed by atoms with van der Waals surface area (Å²) in [6.07, 6.45) is 3.55.